The van der Waals surface area contributed by atoms with Crippen molar-refractivity contribution < 1.29 is 14.3 Å². The molecule has 0 spiro atoms. The lowest BCUT2D eigenvalue weighted by Crippen LogP contribution is -2.37. The number of benzene rings is 1. The van der Waals surface area contributed by atoms with E-state index in [9.17, 15) is 9.59 Å². The van der Waals surface area contributed by atoms with Crippen LogP contribution in [0.25, 0.3) is 22.3 Å². The predicted molar refractivity (Wildman–Crippen MR) is 131 cm³/mol. The first-order chi connectivity index (χ1) is 16.2. The van der Waals surface area contributed by atoms with Crippen molar-refractivity contribution in [2.24, 2.45) is 0 Å². The first-order valence-electron chi connectivity index (χ1n) is 11.5. The number of thiophene rings is 1. The largest absolute Gasteiger partial charge is 0.452 e. The minimum atomic E-state index is -0.549. The number of nitrogens with one attached hydrogen (secondary N) is 1. The highest BCUT2D eigenvalue weighted by Crippen LogP contribution is 2.28. The van der Waals surface area contributed by atoms with Crippen molar-refractivity contribution in [1.82, 2.24) is 15.1 Å². The zero-order chi connectivity index (χ0) is 22.9. The Morgan fingerprint density at radius 1 is 1.06 bits per heavy atom. The minimum absolute atomic E-state index is 0.184. The summed E-state index contributed by atoms with van der Waals surface area (Å²) in [6, 6.07) is 14.0. The molecule has 1 amide bonds. The van der Waals surface area contributed by atoms with Gasteiger partial charge in [0.1, 0.15) is 5.69 Å². The molecule has 4 rings (SSSR count). The van der Waals surface area contributed by atoms with Gasteiger partial charge in [-0.25, -0.2) is 9.48 Å². The molecule has 1 aliphatic rings. The second-order valence-electron chi connectivity index (χ2n) is 8.24. The average molecular weight is 464 g/mol. The smallest absolute Gasteiger partial charge is 0.331 e. The van der Waals surface area contributed by atoms with Crippen molar-refractivity contribution in [2.45, 2.75) is 51.0 Å². The molecule has 2 aromatic heterocycles. The fourth-order valence-corrected chi connectivity index (χ4v) is 4.77. The molecule has 0 aliphatic heterocycles. The van der Waals surface area contributed by atoms with Crippen LogP contribution in [-0.2, 0) is 14.3 Å². The maximum absolute atomic E-state index is 12.3. The van der Waals surface area contributed by atoms with Crippen LogP contribution in [0.3, 0.4) is 0 Å². The Balaban J connectivity index is 1.37. The van der Waals surface area contributed by atoms with Gasteiger partial charge in [0.15, 0.2) is 6.61 Å². The van der Waals surface area contributed by atoms with Crippen molar-refractivity contribution in [3.05, 3.63) is 65.7 Å². The molecule has 1 aromatic carbocycles. The topological polar surface area (TPSA) is 73.2 Å². The maximum atomic E-state index is 12.3. The highest BCUT2D eigenvalue weighted by Gasteiger charge is 2.15. The van der Waals surface area contributed by atoms with E-state index in [0.29, 0.717) is 0 Å². The Bertz CT molecular complexity index is 1070. The number of hydrogen-bond donors (Lipinski definition) is 1. The van der Waals surface area contributed by atoms with Crippen LogP contribution < -0.4 is 5.32 Å². The first kappa shape index (κ1) is 23.0. The van der Waals surface area contributed by atoms with Crippen LogP contribution in [-0.4, -0.2) is 34.3 Å². The van der Waals surface area contributed by atoms with Gasteiger partial charge in [0.2, 0.25) is 0 Å². The standard InChI is InChI=1S/C26H29N3O3S/c30-24(27-21-10-5-2-1-3-6-11-21)19-32-25(31)16-15-20-18-29(22-12-7-4-8-13-22)28-26(20)23-14-9-17-33-23/h4,7-9,12-18,21H,1-3,5-6,10-11,19H2,(H,27,30). The summed E-state index contributed by atoms with van der Waals surface area (Å²) in [5.41, 5.74) is 2.53. The summed E-state index contributed by atoms with van der Waals surface area (Å²) in [6.07, 6.45) is 12.9. The molecule has 0 atom stereocenters. The Labute approximate surface area is 198 Å². The van der Waals surface area contributed by atoms with Crippen molar-refractivity contribution in [2.75, 3.05) is 6.61 Å². The third-order valence-electron chi connectivity index (χ3n) is 5.73. The van der Waals surface area contributed by atoms with Crippen LogP contribution in [0.4, 0.5) is 0 Å². The summed E-state index contributed by atoms with van der Waals surface area (Å²) >= 11 is 1.59. The number of carbonyl (C=O) groups is 2. The molecule has 1 N–H and O–H groups in total. The van der Waals surface area contributed by atoms with E-state index in [-0.39, 0.29) is 18.6 Å². The van der Waals surface area contributed by atoms with Gasteiger partial charge in [0.05, 0.1) is 10.6 Å². The second-order valence-corrected chi connectivity index (χ2v) is 9.19. The molecular weight excluding hydrogens is 434 g/mol. The second kappa shape index (κ2) is 11.6. The first-order valence-corrected chi connectivity index (χ1v) is 12.4. The molecule has 33 heavy (non-hydrogen) atoms. The number of esters is 1. The zero-order valence-corrected chi connectivity index (χ0v) is 19.4. The van der Waals surface area contributed by atoms with E-state index in [4.69, 9.17) is 9.84 Å². The molecule has 1 saturated carbocycles. The summed E-state index contributed by atoms with van der Waals surface area (Å²) in [7, 11) is 0. The van der Waals surface area contributed by atoms with Gasteiger partial charge >= 0.3 is 5.97 Å². The Hall–Kier alpha value is -3.19. The number of carbonyl (C=O) groups excluding carboxylic acids is 2. The zero-order valence-electron chi connectivity index (χ0n) is 18.6. The lowest BCUT2D eigenvalue weighted by atomic mass is 9.97. The number of nitrogens with zero attached hydrogens (tertiary/aromatic N) is 2. The quantitative estimate of drug-likeness (QED) is 0.377. The van der Waals surface area contributed by atoms with Crippen molar-refractivity contribution >= 4 is 29.3 Å². The van der Waals surface area contributed by atoms with Gasteiger partial charge in [0.25, 0.3) is 5.91 Å². The minimum Gasteiger partial charge on any atom is -0.452 e. The molecule has 0 unspecified atom stereocenters. The van der Waals surface area contributed by atoms with Crippen molar-refractivity contribution in [1.29, 1.82) is 0 Å². The van der Waals surface area contributed by atoms with Gasteiger partial charge in [-0.05, 0) is 42.5 Å². The molecule has 2 heterocycles. The number of hydrogen-bond acceptors (Lipinski definition) is 5. The number of para-hydroxylation sites is 1. The summed E-state index contributed by atoms with van der Waals surface area (Å²) in [4.78, 5) is 25.5. The summed E-state index contributed by atoms with van der Waals surface area (Å²) in [6.45, 7) is -0.263. The Morgan fingerprint density at radius 3 is 2.55 bits per heavy atom. The average Bonchev–Trinajstić information content (AvgIpc) is 3.48. The van der Waals surface area contributed by atoms with Gasteiger partial charge < -0.3 is 10.1 Å². The van der Waals surface area contributed by atoms with Crippen LogP contribution >= 0.6 is 11.3 Å². The summed E-state index contributed by atoms with van der Waals surface area (Å²) in [5, 5.41) is 9.72. The lowest BCUT2D eigenvalue weighted by molar-refractivity contribution is -0.144. The van der Waals surface area contributed by atoms with E-state index in [2.05, 4.69) is 5.32 Å². The fourth-order valence-electron chi connectivity index (χ4n) is 4.04. The van der Waals surface area contributed by atoms with Crippen molar-refractivity contribution in [3.8, 4) is 16.3 Å². The maximum Gasteiger partial charge on any atom is 0.331 e. The van der Waals surface area contributed by atoms with Gasteiger partial charge in [0, 0.05) is 23.9 Å². The molecule has 3 aromatic rings. The molecular formula is C26H29N3O3S. The van der Waals surface area contributed by atoms with E-state index in [1.807, 2.05) is 54.0 Å². The monoisotopic (exact) mass is 463 g/mol. The third kappa shape index (κ3) is 6.65. The normalized spacial score (nSPS) is 15.2. The van der Waals surface area contributed by atoms with Crippen LogP contribution in [0.2, 0.25) is 0 Å². The van der Waals surface area contributed by atoms with Crippen LogP contribution in [0, 0.1) is 0 Å². The number of aromatic nitrogens is 2. The molecule has 7 heteroatoms. The van der Waals surface area contributed by atoms with Crippen LogP contribution in [0.1, 0.15) is 50.5 Å². The van der Waals surface area contributed by atoms with Gasteiger partial charge in [-0.1, -0.05) is 56.4 Å². The molecule has 0 bridgehead atoms. The van der Waals surface area contributed by atoms with E-state index in [1.165, 1.54) is 25.3 Å². The molecule has 1 fully saturated rings. The third-order valence-corrected chi connectivity index (χ3v) is 6.61. The lowest BCUT2D eigenvalue weighted by Gasteiger charge is -2.20. The van der Waals surface area contributed by atoms with Gasteiger partial charge in [-0.2, -0.15) is 5.10 Å². The summed E-state index contributed by atoms with van der Waals surface area (Å²) in [5.74, 6) is -0.786. The molecule has 0 saturated heterocycles. The highest BCUT2D eigenvalue weighted by molar-refractivity contribution is 7.13. The Kier molecular flexibility index (Phi) is 8.09. The van der Waals surface area contributed by atoms with E-state index in [1.54, 1.807) is 22.1 Å². The van der Waals surface area contributed by atoms with Crippen LogP contribution in [0.5, 0.6) is 0 Å². The van der Waals surface area contributed by atoms with Crippen LogP contribution in [0.15, 0.2) is 60.1 Å². The molecule has 6 nitrogen and oxygen atoms in total. The van der Waals surface area contributed by atoms with E-state index >= 15 is 0 Å². The highest BCUT2D eigenvalue weighted by atomic mass is 32.1. The molecule has 172 valence electrons. The van der Waals surface area contributed by atoms with Gasteiger partial charge in [-0.15, -0.1) is 11.3 Å². The van der Waals surface area contributed by atoms with E-state index in [0.717, 1.165) is 47.5 Å². The number of rotatable bonds is 7. The fraction of sp³-hybridized carbons (Fsp3) is 0.346. The molecule has 0 radical (unpaired) electrons. The number of ether oxygens (including phenoxy) is 1. The van der Waals surface area contributed by atoms with Crippen molar-refractivity contribution in [3.63, 3.8) is 0 Å². The number of amides is 1. The predicted octanol–water partition coefficient (Wildman–Crippen LogP) is 5.39. The molecule has 1 aliphatic carbocycles. The Morgan fingerprint density at radius 2 is 1.82 bits per heavy atom. The SMILES string of the molecule is O=C(COC(=O)C=Cc1cn(-c2ccccc2)nc1-c1cccs1)NC1CCCCCCC1. The van der Waals surface area contributed by atoms with Gasteiger partial charge in [-0.3, -0.25) is 4.79 Å². The van der Waals surface area contributed by atoms with E-state index < -0.39 is 5.97 Å². The summed E-state index contributed by atoms with van der Waals surface area (Å²) < 4.78 is 6.98.